The summed E-state index contributed by atoms with van der Waals surface area (Å²) in [5.41, 5.74) is 1.08. The van der Waals surface area contributed by atoms with Gasteiger partial charge in [-0.1, -0.05) is 30.3 Å². The number of ether oxygens (including phenoxy) is 1. The van der Waals surface area contributed by atoms with Crippen LogP contribution in [0, 0.1) is 6.92 Å². The molecule has 3 aromatic rings. The zero-order chi connectivity index (χ0) is 19.5. The number of aryl methyl sites for hydroxylation is 1. The second-order valence-corrected chi connectivity index (χ2v) is 7.22. The summed E-state index contributed by atoms with van der Waals surface area (Å²) in [6.07, 6.45) is 2.55. The maximum absolute atomic E-state index is 12.1. The number of hydrogen-bond acceptors (Lipinski definition) is 4. The fourth-order valence-electron chi connectivity index (χ4n) is 3.63. The molecular weight excluding hydrogens is 354 g/mol. The average Bonchev–Trinajstić information content (AvgIpc) is 3.14. The molecule has 1 aliphatic heterocycles. The van der Waals surface area contributed by atoms with Crippen molar-refractivity contribution in [2.45, 2.75) is 25.9 Å². The standard InChI is InChI=1S/C22H23N3O3/c1-16-13-25(22(27)23-21(16)26)18-10-11-24(15-18)14-17-6-5-9-20(12-17)28-19-7-3-2-4-8-19/h2-9,12-13,18H,10-11,14-15H2,1H3,(H,23,26,27)/t18-/m0/s1. The van der Waals surface area contributed by atoms with Crippen LogP contribution in [0.1, 0.15) is 23.6 Å². The molecule has 1 aromatic heterocycles. The Morgan fingerprint density at radius 1 is 1.07 bits per heavy atom. The van der Waals surface area contributed by atoms with E-state index in [0.29, 0.717) is 5.56 Å². The Hall–Kier alpha value is -3.12. The zero-order valence-electron chi connectivity index (χ0n) is 15.8. The van der Waals surface area contributed by atoms with E-state index < -0.39 is 0 Å². The topological polar surface area (TPSA) is 67.3 Å². The van der Waals surface area contributed by atoms with E-state index in [1.165, 1.54) is 5.56 Å². The third-order valence-electron chi connectivity index (χ3n) is 5.07. The summed E-state index contributed by atoms with van der Waals surface area (Å²) < 4.78 is 7.57. The lowest BCUT2D eigenvalue weighted by molar-refractivity contribution is 0.313. The minimum Gasteiger partial charge on any atom is -0.457 e. The Labute approximate surface area is 163 Å². The largest absolute Gasteiger partial charge is 0.457 e. The van der Waals surface area contributed by atoms with Crippen LogP contribution in [0.3, 0.4) is 0 Å². The first-order chi connectivity index (χ1) is 13.6. The second kappa shape index (κ2) is 7.86. The number of benzene rings is 2. The zero-order valence-corrected chi connectivity index (χ0v) is 15.8. The Morgan fingerprint density at radius 3 is 2.68 bits per heavy atom. The highest BCUT2D eigenvalue weighted by molar-refractivity contribution is 5.33. The van der Waals surface area contributed by atoms with Crippen molar-refractivity contribution in [3.63, 3.8) is 0 Å². The van der Waals surface area contributed by atoms with Crippen LogP contribution in [0.4, 0.5) is 0 Å². The van der Waals surface area contributed by atoms with Gasteiger partial charge in [-0.15, -0.1) is 0 Å². The lowest BCUT2D eigenvalue weighted by Gasteiger charge is -2.18. The SMILES string of the molecule is Cc1cn([C@H]2CCN(Cc3cccc(Oc4ccccc4)c3)C2)c(=O)[nH]c1=O. The van der Waals surface area contributed by atoms with Crippen molar-refractivity contribution in [3.8, 4) is 11.5 Å². The minimum absolute atomic E-state index is 0.0757. The van der Waals surface area contributed by atoms with Gasteiger partial charge in [-0.05, 0) is 43.2 Å². The van der Waals surface area contributed by atoms with E-state index in [-0.39, 0.29) is 17.3 Å². The highest BCUT2D eigenvalue weighted by Gasteiger charge is 2.25. The molecule has 1 saturated heterocycles. The predicted molar refractivity (Wildman–Crippen MR) is 108 cm³/mol. The maximum Gasteiger partial charge on any atom is 0.328 e. The van der Waals surface area contributed by atoms with Gasteiger partial charge < -0.3 is 4.74 Å². The van der Waals surface area contributed by atoms with Crippen molar-refractivity contribution >= 4 is 0 Å². The quantitative estimate of drug-likeness (QED) is 0.742. The van der Waals surface area contributed by atoms with Crippen LogP contribution in [-0.4, -0.2) is 27.5 Å². The number of aromatic amines is 1. The Kier molecular flexibility index (Phi) is 5.12. The molecule has 1 atom stereocenters. The van der Waals surface area contributed by atoms with Crippen molar-refractivity contribution in [2.75, 3.05) is 13.1 Å². The summed E-state index contributed by atoms with van der Waals surface area (Å²) in [4.78, 5) is 28.4. The third kappa shape index (κ3) is 4.07. The molecule has 6 heteroatoms. The molecule has 0 saturated carbocycles. The lowest BCUT2D eigenvalue weighted by atomic mass is 10.2. The Bertz CT molecular complexity index is 1070. The Morgan fingerprint density at radius 2 is 1.86 bits per heavy atom. The van der Waals surface area contributed by atoms with E-state index in [2.05, 4.69) is 22.0 Å². The van der Waals surface area contributed by atoms with Crippen LogP contribution < -0.4 is 16.0 Å². The van der Waals surface area contributed by atoms with Gasteiger partial charge in [0.25, 0.3) is 5.56 Å². The summed E-state index contributed by atoms with van der Waals surface area (Å²) in [6, 6.07) is 17.9. The summed E-state index contributed by atoms with van der Waals surface area (Å²) in [5, 5.41) is 0. The fraction of sp³-hybridized carbons (Fsp3) is 0.273. The highest BCUT2D eigenvalue weighted by Crippen LogP contribution is 2.25. The summed E-state index contributed by atoms with van der Waals surface area (Å²) in [5.74, 6) is 1.63. The van der Waals surface area contributed by atoms with Crippen molar-refractivity contribution in [2.24, 2.45) is 0 Å². The number of nitrogens with zero attached hydrogens (tertiary/aromatic N) is 2. The van der Waals surface area contributed by atoms with Crippen LogP contribution >= 0.6 is 0 Å². The summed E-state index contributed by atoms with van der Waals surface area (Å²) >= 11 is 0. The van der Waals surface area contributed by atoms with Gasteiger partial charge in [0.1, 0.15) is 11.5 Å². The molecule has 144 valence electrons. The van der Waals surface area contributed by atoms with E-state index in [1.807, 2.05) is 42.5 Å². The van der Waals surface area contributed by atoms with Crippen LogP contribution in [-0.2, 0) is 6.54 Å². The molecule has 2 aromatic carbocycles. The van der Waals surface area contributed by atoms with E-state index in [1.54, 1.807) is 17.7 Å². The highest BCUT2D eigenvalue weighted by atomic mass is 16.5. The number of rotatable bonds is 5. The van der Waals surface area contributed by atoms with Crippen LogP contribution in [0.25, 0.3) is 0 Å². The average molecular weight is 377 g/mol. The predicted octanol–water partition coefficient (Wildman–Crippen LogP) is 3.08. The minimum atomic E-state index is -0.333. The lowest BCUT2D eigenvalue weighted by Crippen LogP contribution is -2.34. The first-order valence-electron chi connectivity index (χ1n) is 9.45. The van der Waals surface area contributed by atoms with Crippen molar-refractivity contribution < 1.29 is 4.74 Å². The molecule has 0 unspecified atom stereocenters. The molecule has 2 heterocycles. The van der Waals surface area contributed by atoms with Gasteiger partial charge in [0.05, 0.1) is 6.04 Å². The van der Waals surface area contributed by atoms with Crippen LogP contribution in [0.15, 0.2) is 70.4 Å². The number of hydrogen-bond donors (Lipinski definition) is 1. The van der Waals surface area contributed by atoms with Crippen molar-refractivity contribution in [1.82, 2.24) is 14.5 Å². The molecule has 1 aliphatic rings. The molecule has 0 amide bonds. The van der Waals surface area contributed by atoms with E-state index in [9.17, 15) is 9.59 Å². The van der Waals surface area contributed by atoms with Gasteiger partial charge in [0.15, 0.2) is 0 Å². The van der Waals surface area contributed by atoms with Gasteiger partial charge in [-0.2, -0.15) is 0 Å². The first-order valence-corrected chi connectivity index (χ1v) is 9.45. The van der Waals surface area contributed by atoms with E-state index >= 15 is 0 Å². The smallest absolute Gasteiger partial charge is 0.328 e. The maximum atomic E-state index is 12.1. The number of H-pyrrole nitrogens is 1. The molecule has 0 bridgehead atoms. The molecule has 0 aliphatic carbocycles. The number of nitrogens with one attached hydrogen (secondary N) is 1. The first kappa shape index (κ1) is 18.3. The van der Waals surface area contributed by atoms with Crippen LogP contribution in [0.2, 0.25) is 0 Å². The van der Waals surface area contributed by atoms with E-state index in [4.69, 9.17) is 4.74 Å². The molecule has 1 fully saturated rings. The third-order valence-corrected chi connectivity index (χ3v) is 5.07. The van der Waals surface area contributed by atoms with E-state index in [0.717, 1.165) is 37.6 Å². The van der Waals surface area contributed by atoms with Gasteiger partial charge in [-0.25, -0.2) is 4.79 Å². The van der Waals surface area contributed by atoms with Gasteiger partial charge in [-0.3, -0.25) is 19.2 Å². The number of para-hydroxylation sites is 1. The monoisotopic (exact) mass is 377 g/mol. The van der Waals surface area contributed by atoms with Crippen LogP contribution in [0.5, 0.6) is 11.5 Å². The molecule has 1 N–H and O–H groups in total. The Balaban J connectivity index is 1.43. The van der Waals surface area contributed by atoms with Crippen molar-refractivity contribution in [1.29, 1.82) is 0 Å². The van der Waals surface area contributed by atoms with Gasteiger partial charge in [0.2, 0.25) is 0 Å². The molecule has 4 rings (SSSR count). The summed E-state index contributed by atoms with van der Waals surface area (Å²) in [6.45, 7) is 4.19. The van der Waals surface area contributed by atoms with Gasteiger partial charge >= 0.3 is 5.69 Å². The number of aromatic nitrogens is 2. The number of likely N-dealkylation sites (tertiary alicyclic amines) is 1. The second-order valence-electron chi connectivity index (χ2n) is 7.22. The van der Waals surface area contributed by atoms with Gasteiger partial charge in [0, 0.05) is 31.4 Å². The van der Waals surface area contributed by atoms with Crippen molar-refractivity contribution in [3.05, 3.63) is 92.8 Å². The molecule has 6 nitrogen and oxygen atoms in total. The normalized spacial score (nSPS) is 17.0. The fourth-order valence-corrected chi connectivity index (χ4v) is 3.63. The molecular formula is C22H23N3O3. The molecule has 28 heavy (non-hydrogen) atoms. The molecule has 0 radical (unpaired) electrons. The molecule has 0 spiro atoms. The summed E-state index contributed by atoms with van der Waals surface area (Å²) in [7, 11) is 0.